The number of aliphatic hydroxyl groups is 1. The van der Waals surface area contributed by atoms with Crippen molar-refractivity contribution in [1.29, 1.82) is 0 Å². The van der Waals surface area contributed by atoms with Gasteiger partial charge in [-0.05, 0) is 12.1 Å². The highest BCUT2D eigenvalue weighted by molar-refractivity contribution is 6.30. The van der Waals surface area contributed by atoms with Gasteiger partial charge in [0.1, 0.15) is 11.3 Å². The molecule has 0 unspecified atom stereocenters. The second-order valence-electron chi connectivity index (χ2n) is 7.83. The molecule has 2 saturated heterocycles. The smallest absolute Gasteiger partial charge is 0.274 e. The maximum absolute atomic E-state index is 13.0. The topological polar surface area (TPSA) is 107 Å². The molecule has 2 aliphatic heterocycles. The number of amides is 3. The van der Waals surface area contributed by atoms with Gasteiger partial charge >= 0.3 is 0 Å². The molecule has 10 heteroatoms. The van der Waals surface area contributed by atoms with E-state index in [0.717, 1.165) is 0 Å². The number of hydrogen-bond acceptors (Lipinski definition) is 5. The number of hydrogen-bond donors (Lipinski definition) is 2. The van der Waals surface area contributed by atoms with Crippen molar-refractivity contribution < 1.29 is 19.5 Å². The minimum absolute atomic E-state index is 0.0239. The first-order valence-corrected chi connectivity index (χ1v) is 9.76. The van der Waals surface area contributed by atoms with Crippen LogP contribution in [-0.4, -0.2) is 81.3 Å². The van der Waals surface area contributed by atoms with Crippen LogP contribution in [-0.2, 0) is 9.59 Å². The number of aromatic nitrogens is 2. The predicted octanol–water partition coefficient (Wildman–Crippen LogP) is 0.0167. The minimum Gasteiger partial charge on any atom is -0.396 e. The summed E-state index contributed by atoms with van der Waals surface area (Å²) in [5, 5.41) is 13.1. The molecule has 0 saturated carbocycles. The SMILES string of the molecule is CC(=O)NCC(=O)N1C[C@@H]2CN(C(=O)c3cn4cc(Cl)ccc4n3)C[C@]2(CO)C1. The van der Waals surface area contributed by atoms with Crippen LogP contribution in [0, 0.1) is 11.3 Å². The zero-order valence-electron chi connectivity index (χ0n) is 16.0. The standard InChI is InChI=1S/C19H22ClN5O4/c1-12(27)21-4-17(28)24-5-13-6-25(10-19(13,9-24)11-26)18(29)15-8-23-7-14(20)2-3-16(23)22-15/h2-3,7-8,13,26H,4-6,9-11H2,1H3,(H,21,27)/t13-,19+/m1/s1. The van der Waals surface area contributed by atoms with Crippen molar-refractivity contribution in [2.24, 2.45) is 11.3 Å². The van der Waals surface area contributed by atoms with Gasteiger partial charge in [-0.3, -0.25) is 14.4 Å². The van der Waals surface area contributed by atoms with E-state index in [9.17, 15) is 19.5 Å². The number of aliphatic hydroxyl groups excluding tert-OH is 1. The van der Waals surface area contributed by atoms with Crippen molar-refractivity contribution in [3.8, 4) is 0 Å². The molecule has 0 radical (unpaired) electrons. The number of rotatable bonds is 4. The Morgan fingerprint density at radius 2 is 1.97 bits per heavy atom. The quantitative estimate of drug-likeness (QED) is 0.726. The van der Waals surface area contributed by atoms with Gasteiger partial charge in [0.15, 0.2) is 0 Å². The average Bonchev–Trinajstić information content (AvgIpc) is 3.35. The number of nitrogens with zero attached hydrogens (tertiary/aromatic N) is 4. The highest BCUT2D eigenvalue weighted by atomic mass is 35.5. The lowest BCUT2D eigenvalue weighted by atomic mass is 9.82. The summed E-state index contributed by atoms with van der Waals surface area (Å²) in [4.78, 5) is 44.1. The van der Waals surface area contributed by atoms with Crippen LogP contribution in [0.5, 0.6) is 0 Å². The Kier molecular flexibility index (Phi) is 4.95. The van der Waals surface area contributed by atoms with Crippen LogP contribution in [0.4, 0.5) is 0 Å². The molecular weight excluding hydrogens is 398 g/mol. The van der Waals surface area contributed by atoms with Crippen LogP contribution in [0.3, 0.4) is 0 Å². The summed E-state index contributed by atoms with van der Waals surface area (Å²) in [5.41, 5.74) is 0.395. The normalized spacial score (nSPS) is 23.5. The minimum atomic E-state index is -0.552. The Morgan fingerprint density at radius 3 is 2.66 bits per heavy atom. The molecule has 0 bridgehead atoms. The van der Waals surface area contributed by atoms with Gasteiger partial charge in [0.25, 0.3) is 5.91 Å². The molecular formula is C19H22ClN5O4. The Balaban J connectivity index is 1.47. The number of likely N-dealkylation sites (tertiary alicyclic amines) is 2. The number of nitrogens with one attached hydrogen (secondary N) is 1. The van der Waals surface area contributed by atoms with Crippen molar-refractivity contribution in [2.45, 2.75) is 6.92 Å². The van der Waals surface area contributed by atoms with Crippen molar-refractivity contribution in [3.05, 3.63) is 35.2 Å². The van der Waals surface area contributed by atoms with Crippen LogP contribution in [0.2, 0.25) is 5.02 Å². The molecule has 9 nitrogen and oxygen atoms in total. The Morgan fingerprint density at radius 1 is 1.24 bits per heavy atom. The van der Waals surface area contributed by atoms with E-state index in [1.165, 1.54) is 6.92 Å². The first kappa shape index (κ1) is 19.7. The number of imidazole rings is 1. The van der Waals surface area contributed by atoms with Gasteiger partial charge in [-0.2, -0.15) is 0 Å². The van der Waals surface area contributed by atoms with E-state index >= 15 is 0 Å². The number of halogens is 1. The second kappa shape index (κ2) is 7.31. The molecule has 2 aliphatic rings. The van der Waals surface area contributed by atoms with E-state index < -0.39 is 5.41 Å². The fourth-order valence-electron chi connectivity index (χ4n) is 4.29. The van der Waals surface area contributed by atoms with E-state index in [1.807, 2.05) is 0 Å². The summed E-state index contributed by atoms with van der Waals surface area (Å²) in [6.07, 6.45) is 3.33. The summed E-state index contributed by atoms with van der Waals surface area (Å²) in [5.74, 6) is -0.676. The van der Waals surface area contributed by atoms with E-state index in [1.54, 1.807) is 38.7 Å². The number of pyridine rings is 1. The molecule has 0 aliphatic carbocycles. The van der Waals surface area contributed by atoms with Crippen molar-refractivity contribution >= 4 is 35.0 Å². The molecule has 0 spiro atoms. The highest BCUT2D eigenvalue weighted by Crippen LogP contribution is 2.42. The number of fused-ring (bicyclic) bond motifs is 2. The number of carbonyl (C=O) groups excluding carboxylic acids is 3. The summed E-state index contributed by atoms with van der Waals surface area (Å²) in [6, 6.07) is 3.46. The highest BCUT2D eigenvalue weighted by Gasteiger charge is 2.54. The molecule has 154 valence electrons. The van der Waals surface area contributed by atoms with Crippen molar-refractivity contribution in [1.82, 2.24) is 24.5 Å². The summed E-state index contributed by atoms with van der Waals surface area (Å²) in [6.45, 7) is 2.78. The lowest BCUT2D eigenvalue weighted by Crippen LogP contribution is -2.43. The zero-order valence-corrected chi connectivity index (χ0v) is 16.7. The van der Waals surface area contributed by atoms with E-state index in [0.29, 0.717) is 42.5 Å². The van der Waals surface area contributed by atoms with Crippen LogP contribution >= 0.6 is 11.6 Å². The van der Waals surface area contributed by atoms with Gasteiger partial charge < -0.3 is 24.6 Å². The van der Waals surface area contributed by atoms with E-state index in [2.05, 4.69) is 10.3 Å². The first-order valence-electron chi connectivity index (χ1n) is 9.38. The summed E-state index contributed by atoms with van der Waals surface area (Å²) < 4.78 is 1.71. The Labute approximate surface area is 172 Å². The monoisotopic (exact) mass is 419 g/mol. The van der Waals surface area contributed by atoms with Crippen LogP contribution in [0.15, 0.2) is 24.5 Å². The van der Waals surface area contributed by atoms with Crippen LogP contribution in [0.25, 0.3) is 5.65 Å². The van der Waals surface area contributed by atoms with Gasteiger partial charge in [0, 0.05) is 56.8 Å². The van der Waals surface area contributed by atoms with Gasteiger partial charge in [-0.1, -0.05) is 11.6 Å². The lowest BCUT2D eigenvalue weighted by Gasteiger charge is -2.27. The van der Waals surface area contributed by atoms with Crippen molar-refractivity contribution in [2.75, 3.05) is 39.3 Å². The molecule has 29 heavy (non-hydrogen) atoms. The van der Waals surface area contributed by atoms with E-state index in [-0.39, 0.29) is 36.8 Å². The first-order chi connectivity index (χ1) is 13.8. The lowest BCUT2D eigenvalue weighted by molar-refractivity contribution is -0.132. The second-order valence-corrected chi connectivity index (χ2v) is 8.26. The van der Waals surface area contributed by atoms with Gasteiger partial charge in [0.2, 0.25) is 11.8 Å². The summed E-state index contributed by atoms with van der Waals surface area (Å²) in [7, 11) is 0. The largest absolute Gasteiger partial charge is 0.396 e. The third-order valence-electron chi connectivity index (χ3n) is 5.84. The van der Waals surface area contributed by atoms with E-state index in [4.69, 9.17) is 11.6 Å². The molecule has 0 aromatic carbocycles. The third-order valence-corrected chi connectivity index (χ3v) is 6.06. The fourth-order valence-corrected chi connectivity index (χ4v) is 4.46. The van der Waals surface area contributed by atoms with Crippen molar-refractivity contribution in [3.63, 3.8) is 0 Å². The molecule has 3 amide bonds. The molecule has 2 N–H and O–H groups in total. The molecule has 4 heterocycles. The van der Waals surface area contributed by atoms with Gasteiger partial charge in [-0.15, -0.1) is 0 Å². The zero-order chi connectivity index (χ0) is 20.8. The Bertz CT molecular complexity index is 992. The van der Waals surface area contributed by atoms with Gasteiger partial charge in [-0.25, -0.2) is 4.98 Å². The summed E-state index contributed by atoms with van der Waals surface area (Å²) >= 11 is 5.99. The molecule has 2 aromatic heterocycles. The Hall–Kier alpha value is -2.65. The average molecular weight is 420 g/mol. The maximum Gasteiger partial charge on any atom is 0.274 e. The molecule has 2 atom stereocenters. The maximum atomic E-state index is 13.0. The molecule has 4 rings (SSSR count). The predicted molar refractivity (Wildman–Crippen MR) is 104 cm³/mol. The van der Waals surface area contributed by atoms with Crippen LogP contribution in [0.1, 0.15) is 17.4 Å². The van der Waals surface area contributed by atoms with Crippen LogP contribution < -0.4 is 5.32 Å². The fraction of sp³-hybridized carbons (Fsp3) is 0.474. The molecule has 2 fully saturated rings. The third kappa shape index (κ3) is 3.56. The van der Waals surface area contributed by atoms with Gasteiger partial charge in [0.05, 0.1) is 18.2 Å². The number of carbonyl (C=O) groups is 3. The molecule has 2 aromatic rings.